The molecule has 1 aromatic heterocycles. The average Bonchev–Trinajstić information content (AvgIpc) is 2.69. The fraction of sp³-hybridized carbons (Fsp3) is 0.182. The summed E-state index contributed by atoms with van der Waals surface area (Å²) in [6, 6.07) is 5.18. The van der Waals surface area contributed by atoms with Gasteiger partial charge in [0, 0.05) is 30.7 Å². The summed E-state index contributed by atoms with van der Waals surface area (Å²) in [5, 5.41) is 6.93. The van der Waals surface area contributed by atoms with Gasteiger partial charge in [0.2, 0.25) is 0 Å². The minimum Gasteiger partial charge on any atom is -0.383 e. The lowest BCUT2D eigenvalue weighted by molar-refractivity contribution is 0.583. The Hall–Kier alpha value is -1.91. The predicted octanol–water partition coefficient (Wildman–Crippen LogP) is 2.27. The molecule has 0 spiro atoms. The third-order valence-electron chi connectivity index (χ3n) is 2.09. The molecule has 2 rings (SSSR count). The molecule has 1 heterocycles. The highest BCUT2D eigenvalue weighted by Gasteiger charge is 1.99. The topological polar surface area (TPSA) is 29.9 Å². The number of hydrogen-bond acceptors (Lipinski definition) is 2. The summed E-state index contributed by atoms with van der Waals surface area (Å²) in [6.07, 6.45) is 3.51. The molecule has 0 unspecified atom stereocenters. The van der Waals surface area contributed by atoms with Crippen LogP contribution in [0.3, 0.4) is 0 Å². The van der Waals surface area contributed by atoms with E-state index < -0.39 is 11.6 Å². The minimum absolute atomic E-state index is 0.435. The van der Waals surface area contributed by atoms with Crippen molar-refractivity contribution in [2.45, 2.75) is 6.54 Å². The average molecular weight is 223 g/mol. The summed E-state index contributed by atoms with van der Waals surface area (Å²) < 4.78 is 27.4. The van der Waals surface area contributed by atoms with Gasteiger partial charge < -0.3 is 5.32 Å². The molecule has 1 aromatic carbocycles. The van der Waals surface area contributed by atoms with Gasteiger partial charge in [0.15, 0.2) is 0 Å². The molecular formula is C11H11F2N3. The number of hydrogen-bond donors (Lipinski definition) is 1. The summed E-state index contributed by atoms with van der Waals surface area (Å²) in [5.74, 6) is -1.16. The molecule has 0 amide bonds. The second-order valence-electron chi connectivity index (χ2n) is 3.35. The van der Waals surface area contributed by atoms with Crippen LogP contribution in [0.1, 0.15) is 0 Å². The highest BCUT2D eigenvalue weighted by Crippen LogP contribution is 2.12. The molecule has 0 saturated heterocycles. The van der Waals surface area contributed by atoms with Gasteiger partial charge in [0.1, 0.15) is 11.6 Å². The fourth-order valence-electron chi connectivity index (χ4n) is 1.40. The molecular weight excluding hydrogens is 212 g/mol. The lowest BCUT2D eigenvalue weighted by Gasteiger charge is -2.06. The van der Waals surface area contributed by atoms with Gasteiger partial charge in [-0.05, 0) is 18.2 Å². The largest absolute Gasteiger partial charge is 0.383 e. The van der Waals surface area contributed by atoms with Gasteiger partial charge in [0.05, 0.1) is 6.54 Å². The van der Waals surface area contributed by atoms with E-state index in [9.17, 15) is 8.78 Å². The summed E-state index contributed by atoms with van der Waals surface area (Å²) in [7, 11) is 0. The van der Waals surface area contributed by atoms with E-state index in [0.717, 1.165) is 6.07 Å². The summed E-state index contributed by atoms with van der Waals surface area (Å²) in [5.41, 5.74) is 0.435. The van der Waals surface area contributed by atoms with Crippen LogP contribution in [0.5, 0.6) is 0 Å². The zero-order valence-corrected chi connectivity index (χ0v) is 8.53. The molecule has 5 heteroatoms. The van der Waals surface area contributed by atoms with Gasteiger partial charge in [-0.1, -0.05) is 0 Å². The maximum Gasteiger partial charge on any atom is 0.128 e. The monoisotopic (exact) mass is 223 g/mol. The van der Waals surface area contributed by atoms with E-state index in [-0.39, 0.29) is 0 Å². The van der Waals surface area contributed by atoms with Gasteiger partial charge in [-0.2, -0.15) is 5.10 Å². The number of nitrogens with one attached hydrogen (secondary N) is 1. The Morgan fingerprint density at radius 1 is 1.19 bits per heavy atom. The third-order valence-corrected chi connectivity index (χ3v) is 2.09. The van der Waals surface area contributed by atoms with Crippen molar-refractivity contribution in [2.24, 2.45) is 0 Å². The molecule has 0 bridgehead atoms. The first-order chi connectivity index (χ1) is 7.74. The van der Waals surface area contributed by atoms with Crippen LogP contribution < -0.4 is 5.32 Å². The van der Waals surface area contributed by atoms with Crippen LogP contribution in [0.25, 0.3) is 0 Å². The van der Waals surface area contributed by atoms with Crippen molar-refractivity contribution in [1.82, 2.24) is 9.78 Å². The summed E-state index contributed by atoms with van der Waals surface area (Å²) in [6.45, 7) is 1.20. The van der Waals surface area contributed by atoms with Crippen LogP contribution in [0.2, 0.25) is 0 Å². The molecule has 0 aliphatic rings. The molecule has 0 aliphatic carbocycles. The molecule has 2 aromatic rings. The maximum absolute atomic E-state index is 12.8. The molecule has 1 N–H and O–H groups in total. The quantitative estimate of drug-likeness (QED) is 0.861. The van der Waals surface area contributed by atoms with E-state index in [1.54, 1.807) is 10.9 Å². The normalized spacial score (nSPS) is 10.4. The first kappa shape index (κ1) is 10.6. The van der Waals surface area contributed by atoms with Crippen LogP contribution in [-0.2, 0) is 6.54 Å². The minimum atomic E-state index is -0.582. The van der Waals surface area contributed by atoms with Crippen LogP contribution in [-0.4, -0.2) is 16.3 Å². The zero-order valence-electron chi connectivity index (χ0n) is 8.53. The molecule has 0 fully saturated rings. The molecule has 16 heavy (non-hydrogen) atoms. The smallest absolute Gasteiger partial charge is 0.128 e. The Morgan fingerprint density at radius 2 is 1.94 bits per heavy atom. The molecule has 3 nitrogen and oxygen atoms in total. The molecule has 0 saturated carbocycles. The van der Waals surface area contributed by atoms with Crippen LogP contribution in [0.15, 0.2) is 36.7 Å². The number of nitrogens with zero attached hydrogens (tertiary/aromatic N) is 2. The summed E-state index contributed by atoms with van der Waals surface area (Å²) in [4.78, 5) is 0. The number of halogens is 2. The summed E-state index contributed by atoms with van der Waals surface area (Å²) >= 11 is 0. The lowest BCUT2D eigenvalue weighted by Crippen LogP contribution is -2.10. The third kappa shape index (κ3) is 2.79. The first-order valence-corrected chi connectivity index (χ1v) is 4.91. The van der Waals surface area contributed by atoms with E-state index >= 15 is 0 Å². The van der Waals surface area contributed by atoms with Crippen LogP contribution in [0.4, 0.5) is 14.5 Å². The van der Waals surface area contributed by atoms with Crippen molar-refractivity contribution in [1.29, 1.82) is 0 Å². The van der Waals surface area contributed by atoms with Gasteiger partial charge in [-0.3, -0.25) is 4.68 Å². The van der Waals surface area contributed by atoms with Gasteiger partial charge >= 0.3 is 0 Å². The number of rotatable bonds is 4. The van der Waals surface area contributed by atoms with E-state index in [1.807, 2.05) is 12.3 Å². The van der Waals surface area contributed by atoms with Gasteiger partial charge in [-0.25, -0.2) is 8.78 Å². The molecule has 0 atom stereocenters. The SMILES string of the molecule is Fc1cc(F)cc(NCCn2cccn2)c1. The van der Waals surface area contributed by atoms with E-state index in [4.69, 9.17) is 0 Å². The lowest BCUT2D eigenvalue weighted by atomic mass is 10.3. The molecule has 0 aliphatic heterocycles. The van der Waals surface area contributed by atoms with Crippen molar-refractivity contribution < 1.29 is 8.78 Å². The van der Waals surface area contributed by atoms with Crippen molar-refractivity contribution in [3.05, 3.63) is 48.3 Å². The predicted molar refractivity (Wildman–Crippen MR) is 57.1 cm³/mol. The van der Waals surface area contributed by atoms with Crippen molar-refractivity contribution >= 4 is 5.69 Å². The Labute approximate surface area is 91.7 Å². The number of anilines is 1. The fourth-order valence-corrected chi connectivity index (χ4v) is 1.40. The Balaban J connectivity index is 1.89. The number of aromatic nitrogens is 2. The van der Waals surface area contributed by atoms with Crippen molar-refractivity contribution in [3.8, 4) is 0 Å². The van der Waals surface area contributed by atoms with E-state index in [0.29, 0.717) is 18.8 Å². The van der Waals surface area contributed by atoms with Crippen LogP contribution in [0, 0.1) is 11.6 Å². The Morgan fingerprint density at radius 3 is 2.56 bits per heavy atom. The second kappa shape index (κ2) is 4.74. The van der Waals surface area contributed by atoms with Crippen LogP contribution >= 0.6 is 0 Å². The van der Waals surface area contributed by atoms with E-state index in [1.165, 1.54) is 12.1 Å². The molecule has 84 valence electrons. The Kier molecular flexibility index (Phi) is 3.14. The maximum atomic E-state index is 12.8. The van der Waals surface area contributed by atoms with E-state index in [2.05, 4.69) is 10.4 Å². The van der Waals surface area contributed by atoms with Crippen molar-refractivity contribution in [3.63, 3.8) is 0 Å². The standard InChI is InChI=1S/C11H11F2N3/c12-9-6-10(13)8-11(7-9)14-3-5-16-4-1-2-15-16/h1-2,4,6-8,14H,3,5H2. The van der Waals surface area contributed by atoms with Gasteiger partial charge in [0.25, 0.3) is 0 Å². The van der Waals surface area contributed by atoms with Crippen molar-refractivity contribution in [2.75, 3.05) is 11.9 Å². The first-order valence-electron chi connectivity index (χ1n) is 4.91. The highest BCUT2D eigenvalue weighted by atomic mass is 19.1. The molecule has 0 radical (unpaired) electrons. The zero-order chi connectivity index (χ0) is 11.4. The number of benzene rings is 1. The second-order valence-corrected chi connectivity index (χ2v) is 3.35. The Bertz CT molecular complexity index is 434. The van der Waals surface area contributed by atoms with Gasteiger partial charge in [-0.15, -0.1) is 0 Å². The highest BCUT2D eigenvalue weighted by molar-refractivity contribution is 5.43.